The zero-order chi connectivity index (χ0) is 14.3. The van der Waals surface area contributed by atoms with Gasteiger partial charge in [0.25, 0.3) is 0 Å². The topological polar surface area (TPSA) is 72.9 Å². The summed E-state index contributed by atoms with van der Waals surface area (Å²) < 4.78 is 1.88. The summed E-state index contributed by atoms with van der Waals surface area (Å²) in [6.45, 7) is 2.18. The van der Waals surface area contributed by atoms with Gasteiger partial charge in [-0.05, 0) is 37.3 Å². The Labute approximate surface area is 120 Å². The molecule has 5 heteroatoms. The predicted molar refractivity (Wildman–Crippen MR) is 79.0 cm³/mol. The van der Waals surface area contributed by atoms with Gasteiger partial charge in [0.1, 0.15) is 0 Å². The number of carbonyl (C=O) groups excluding carboxylic acids is 1. The van der Waals surface area contributed by atoms with Gasteiger partial charge in [-0.2, -0.15) is 5.10 Å². The van der Waals surface area contributed by atoms with Crippen molar-refractivity contribution < 1.29 is 4.79 Å². The molecule has 0 radical (unpaired) electrons. The van der Waals surface area contributed by atoms with Gasteiger partial charge in [-0.1, -0.05) is 19.3 Å². The molecule has 0 bridgehead atoms. The number of rotatable bonds is 7. The first-order valence-corrected chi connectivity index (χ1v) is 7.68. The number of nitrogens with zero attached hydrogens (tertiary/aromatic N) is 2. The van der Waals surface area contributed by atoms with Crippen LogP contribution in [0.25, 0.3) is 0 Å². The third kappa shape index (κ3) is 4.34. The number of amides is 1. The van der Waals surface area contributed by atoms with Crippen LogP contribution in [-0.4, -0.2) is 28.8 Å². The standard InChI is InChI=1S/C15H26N4O/c16-13-15(6-2-1-3-7-15)12-14(20)17-8-4-10-19-11-5-9-18-19/h5,9,11H,1-4,6-8,10,12-13,16H2,(H,17,20). The molecule has 0 aliphatic heterocycles. The highest BCUT2D eigenvalue weighted by Gasteiger charge is 2.32. The Hall–Kier alpha value is -1.36. The maximum absolute atomic E-state index is 12.0. The Morgan fingerprint density at radius 1 is 1.35 bits per heavy atom. The van der Waals surface area contributed by atoms with Crippen molar-refractivity contribution in [1.29, 1.82) is 0 Å². The molecule has 0 atom stereocenters. The second-order valence-corrected chi connectivity index (χ2v) is 5.91. The molecule has 5 nitrogen and oxygen atoms in total. The van der Waals surface area contributed by atoms with Crippen molar-refractivity contribution in [2.24, 2.45) is 11.1 Å². The van der Waals surface area contributed by atoms with E-state index < -0.39 is 0 Å². The largest absolute Gasteiger partial charge is 0.356 e. The number of carbonyl (C=O) groups is 1. The molecule has 20 heavy (non-hydrogen) atoms. The van der Waals surface area contributed by atoms with Crippen LogP contribution in [0.5, 0.6) is 0 Å². The van der Waals surface area contributed by atoms with Crippen molar-refractivity contribution in [3.05, 3.63) is 18.5 Å². The molecule has 1 aliphatic carbocycles. The summed E-state index contributed by atoms with van der Waals surface area (Å²) >= 11 is 0. The Morgan fingerprint density at radius 3 is 2.80 bits per heavy atom. The normalized spacial score (nSPS) is 17.9. The van der Waals surface area contributed by atoms with Crippen LogP contribution in [0.3, 0.4) is 0 Å². The fraction of sp³-hybridized carbons (Fsp3) is 0.733. The molecule has 1 aliphatic rings. The number of nitrogens with one attached hydrogen (secondary N) is 1. The number of hydrogen-bond donors (Lipinski definition) is 2. The van der Waals surface area contributed by atoms with Gasteiger partial charge in [0.05, 0.1) is 0 Å². The molecule has 1 aromatic rings. The van der Waals surface area contributed by atoms with Gasteiger partial charge in [-0.3, -0.25) is 9.48 Å². The lowest BCUT2D eigenvalue weighted by Crippen LogP contribution is -2.39. The average molecular weight is 278 g/mol. The number of nitrogens with two attached hydrogens (primary N) is 1. The van der Waals surface area contributed by atoms with Crippen molar-refractivity contribution in [1.82, 2.24) is 15.1 Å². The van der Waals surface area contributed by atoms with Gasteiger partial charge in [0.15, 0.2) is 0 Å². The summed E-state index contributed by atoms with van der Waals surface area (Å²) in [6, 6.07) is 1.91. The molecule has 0 unspecified atom stereocenters. The van der Waals surface area contributed by atoms with Crippen molar-refractivity contribution in [3.8, 4) is 0 Å². The number of hydrogen-bond acceptors (Lipinski definition) is 3. The van der Waals surface area contributed by atoms with Gasteiger partial charge in [0.2, 0.25) is 5.91 Å². The lowest BCUT2D eigenvalue weighted by atomic mass is 9.71. The molecule has 112 valence electrons. The van der Waals surface area contributed by atoms with Crippen LogP contribution in [0.15, 0.2) is 18.5 Å². The minimum atomic E-state index is 0.0598. The van der Waals surface area contributed by atoms with Gasteiger partial charge < -0.3 is 11.1 Å². The van der Waals surface area contributed by atoms with E-state index in [1.807, 2.05) is 16.9 Å². The minimum absolute atomic E-state index is 0.0598. The highest BCUT2D eigenvalue weighted by molar-refractivity contribution is 5.76. The summed E-state index contributed by atoms with van der Waals surface area (Å²) in [5.41, 5.74) is 5.97. The highest BCUT2D eigenvalue weighted by Crippen LogP contribution is 2.38. The van der Waals surface area contributed by atoms with E-state index in [2.05, 4.69) is 10.4 Å². The predicted octanol–water partition coefficient (Wildman–Crippen LogP) is 1.69. The highest BCUT2D eigenvalue weighted by atomic mass is 16.1. The van der Waals surface area contributed by atoms with Crippen LogP contribution in [-0.2, 0) is 11.3 Å². The number of aryl methyl sites for hydroxylation is 1. The van der Waals surface area contributed by atoms with E-state index in [-0.39, 0.29) is 11.3 Å². The summed E-state index contributed by atoms with van der Waals surface area (Å²) in [7, 11) is 0. The van der Waals surface area contributed by atoms with Crippen LogP contribution in [0.1, 0.15) is 44.9 Å². The second-order valence-electron chi connectivity index (χ2n) is 5.91. The Morgan fingerprint density at radius 2 is 2.15 bits per heavy atom. The third-order valence-electron chi connectivity index (χ3n) is 4.33. The maximum Gasteiger partial charge on any atom is 0.220 e. The van der Waals surface area contributed by atoms with Crippen LogP contribution in [0.4, 0.5) is 0 Å². The lowest BCUT2D eigenvalue weighted by Gasteiger charge is -2.35. The van der Waals surface area contributed by atoms with Gasteiger partial charge in [-0.15, -0.1) is 0 Å². The maximum atomic E-state index is 12.0. The van der Waals surface area contributed by atoms with Gasteiger partial charge >= 0.3 is 0 Å². The van der Waals surface area contributed by atoms with Crippen LogP contribution >= 0.6 is 0 Å². The molecule has 3 N–H and O–H groups in total. The quantitative estimate of drug-likeness (QED) is 0.745. The van der Waals surface area contributed by atoms with E-state index in [1.54, 1.807) is 6.20 Å². The smallest absolute Gasteiger partial charge is 0.220 e. The first-order chi connectivity index (χ1) is 9.74. The molecule has 1 fully saturated rings. The molecule has 1 amide bonds. The second kappa shape index (κ2) is 7.43. The van der Waals surface area contributed by atoms with Gasteiger partial charge in [-0.25, -0.2) is 0 Å². The Bertz CT molecular complexity index is 396. The van der Waals surface area contributed by atoms with E-state index in [1.165, 1.54) is 19.3 Å². The summed E-state index contributed by atoms with van der Waals surface area (Å²) in [5, 5.41) is 7.15. The molecule has 0 saturated heterocycles. The van der Waals surface area contributed by atoms with Crippen LogP contribution in [0, 0.1) is 5.41 Å². The molecule has 2 rings (SSSR count). The fourth-order valence-corrected chi connectivity index (χ4v) is 3.06. The zero-order valence-corrected chi connectivity index (χ0v) is 12.2. The number of aromatic nitrogens is 2. The first-order valence-electron chi connectivity index (χ1n) is 7.68. The molecule has 1 heterocycles. The fourth-order valence-electron chi connectivity index (χ4n) is 3.06. The Kier molecular flexibility index (Phi) is 5.59. The molecule has 1 aromatic heterocycles. The molecule has 0 aromatic carbocycles. The van der Waals surface area contributed by atoms with Crippen molar-refractivity contribution in [2.45, 2.75) is 51.5 Å². The average Bonchev–Trinajstić information content (AvgIpc) is 2.98. The molecular formula is C15H26N4O. The molecular weight excluding hydrogens is 252 g/mol. The van der Waals surface area contributed by atoms with Crippen molar-refractivity contribution in [3.63, 3.8) is 0 Å². The summed E-state index contributed by atoms with van der Waals surface area (Å²) in [5.74, 6) is 0.151. The lowest BCUT2D eigenvalue weighted by molar-refractivity contribution is -0.123. The summed E-state index contributed by atoms with van der Waals surface area (Å²) in [4.78, 5) is 12.0. The van der Waals surface area contributed by atoms with E-state index in [9.17, 15) is 4.79 Å². The Balaban J connectivity index is 1.66. The van der Waals surface area contributed by atoms with E-state index in [4.69, 9.17) is 5.73 Å². The van der Waals surface area contributed by atoms with E-state index in [0.29, 0.717) is 19.5 Å². The zero-order valence-electron chi connectivity index (χ0n) is 12.2. The van der Waals surface area contributed by atoms with E-state index >= 15 is 0 Å². The minimum Gasteiger partial charge on any atom is -0.356 e. The SMILES string of the molecule is NCC1(CC(=O)NCCCn2cccn2)CCCCC1. The van der Waals surface area contributed by atoms with Crippen LogP contribution in [0.2, 0.25) is 0 Å². The molecule has 0 spiro atoms. The van der Waals surface area contributed by atoms with E-state index in [0.717, 1.165) is 25.8 Å². The van der Waals surface area contributed by atoms with Gasteiger partial charge in [0, 0.05) is 31.9 Å². The third-order valence-corrected chi connectivity index (χ3v) is 4.33. The monoisotopic (exact) mass is 278 g/mol. The van der Waals surface area contributed by atoms with Crippen molar-refractivity contribution >= 4 is 5.91 Å². The van der Waals surface area contributed by atoms with Crippen LogP contribution < -0.4 is 11.1 Å². The molecule has 1 saturated carbocycles. The summed E-state index contributed by atoms with van der Waals surface area (Å²) in [6.07, 6.45) is 11.1. The first kappa shape index (κ1) is 15.0. The van der Waals surface area contributed by atoms with Crippen molar-refractivity contribution in [2.75, 3.05) is 13.1 Å².